The minimum absolute atomic E-state index is 0.135. The number of pyridine rings is 1. The summed E-state index contributed by atoms with van der Waals surface area (Å²) in [4.78, 5) is 17.1. The van der Waals surface area contributed by atoms with E-state index >= 15 is 0 Å². The maximum Gasteiger partial charge on any atom is 0.251 e. The zero-order valence-electron chi connectivity index (χ0n) is 20.0. The second-order valence-corrected chi connectivity index (χ2v) is 7.60. The molecule has 1 heterocycles. The number of methoxy groups -OCH3 is 2. The van der Waals surface area contributed by atoms with Crippen LogP contribution in [0.1, 0.15) is 29.3 Å². The van der Waals surface area contributed by atoms with Gasteiger partial charge in [0.15, 0.2) is 11.5 Å². The lowest BCUT2D eigenvalue weighted by molar-refractivity contribution is 0.0915. The number of hydrogen-bond acceptors (Lipinski definition) is 6. The van der Waals surface area contributed by atoms with Crippen molar-refractivity contribution >= 4 is 5.91 Å². The quantitative estimate of drug-likeness (QED) is 0.374. The van der Waals surface area contributed by atoms with Gasteiger partial charge in [0, 0.05) is 36.8 Å². The summed E-state index contributed by atoms with van der Waals surface area (Å²) in [5, 5.41) is 2.88. The second kappa shape index (κ2) is 13.2. The molecule has 0 saturated carbocycles. The monoisotopic (exact) mass is 464 g/mol. The molecule has 0 aliphatic carbocycles. The predicted octanol–water partition coefficient (Wildman–Crippen LogP) is 4.54. The number of aromatic nitrogens is 1. The van der Waals surface area contributed by atoms with Crippen LogP contribution in [0.2, 0.25) is 0 Å². The normalized spacial score (nSPS) is 10.6. The van der Waals surface area contributed by atoms with Crippen molar-refractivity contribution in [3.63, 3.8) is 0 Å². The minimum atomic E-state index is -0.135. The van der Waals surface area contributed by atoms with E-state index in [2.05, 4.69) is 17.2 Å². The van der Waals surface area contributed by atoms with Gasteiger partial charge in [-0.25, -0.2) is 4.98 Å². The molecular formula is C27H32N2O5. The molecule has 0 saturated heterocycles. The fraction of sp³-hybridized carbons (Fsp3) is 0.333. The highest BCUT2D eigenvalue weighted by atomic mass is 16.5. The molecule has 1 N–H and O–H groups in total. The SMILES string of the molecule is CCCOCCNC(=O)c1cccc(-c2cccc(OCCc3ccc(OC)c(OC)c3)n2)c1. The van der Waals surface area contributed by atoms with E-state index in [4.69, 9.17) is 18.9 Å². The number of carbonyl (C=O) groups excluding carboxylic acids is 1. The van der Waals surface area contributed by atoms with Crippen molar-refractivity contribution in [2.75, 3.05) is 40.6 Å². The summed E-state index contributed by atoms with van der Waals surface area (Å²) in [7, 11) is 3.24. The lowest BCUT2D eigenvalue weighted by Gasteiger charge is -2.11. The summed E-state index contributed by atoms with van der Waals surface area (Å²) in [5.74, 6) is 1.78. The summed E-state index contributed by atoms with van der Waals surface area (Å²) >= 11 is 0. The number of rotatable bonds is 13. The molecule has 7 heteroatoms. The fourth-order valence-electron chi connectivity index (χ4n) is 3.37. The van der Waals surface area contributed by atoms with Crippen LogP contribution in [0.15, 0.2) is 60.7 Å². The molecule has 0 radical (unpaired) electrons. The first kappa shape index (κ1) is 25.1. The predicted molar refractivity (Wildman–Crippen MR) is 132 cm³/mol. The molecule has 34 heavy (non-hydrogen) atoms. The lowest BCUT2D eigenvalue weighted by atomic mass is 10.1. The standard InChI is InChI=1S/C27H32N2O5/c1-4-15-33-17-14-28-27(30)22-8-5-7-21(19-22)23-9-6-10-26(29-23)34-16-13-20-11-12-24(31-2)25(18-20)32-3/h5-12,18-19H,4,13-17H2,1-3H3,(H,28,30). The first-order chi connectivity index (χ1) is 16.6. The highest BCUT2D eigenvalue weighted by molar-refractivity contribution is 5.95. The van der Waals surface area contributed by atoms with Crippen molar-refractivity contribution in [3.8, 4) is 28.6 Å². The van der Waals surface area contributed by atoms with Crippen LogP contribution in [-0.4, -0.2) is 51.5 Å². The van der Waals surface area contributed by atoms with Crippen molar-refractivity contribution < 1.29 is 23.7 Å². The van der Waals surface area contributed by atoms with Gasteiger partial charge in [-0.05, 0) is 42.3 Å². The topological polar surface area (TPSA) is 78.9 Å². The van der Waals surface area contributed by atoms with Crippen molar-refractivity contribution in [2.24, 2.45) is 0 Å². The molecule has 0 aliphatic heterocycles. The van der Waals surface area contributed by atoms with Gasteiger partial charge in [0.05, 0.1) is 33.1 Å². The van der Waals surface area contributed by atoms with Crippen LogP contribution in [0.3, 0.4) is 0 Å². The summed E-state index contributed by atoms with van der Waals surface area (Å²) in [6.45, 7) is 4.20. The van der Waals surface area contributed by atoms with Crippen LogP contribution >= 0.6 is 0 Å². The molecule has 0 atom stereocenters. The van der Waals surface area contributed by atoms with Gasteiger partial charge in [-0.1, -0.05) is 31.2 Å². The zero-order chi connectivity index (χ0) is 24.2. The molecular weight excluding hydrogens is 432 g/mol. The smallest absolute Gasteiger partial charge is 0.251 e. The summed E-state index contributed by atoms with van der Waals surface area (Å²) in [6, 6.07) is 18.8. The Labute approximate surface area is 201 Å². The van der Waals surface area contributed by atoms with Gasteiger partial charge in [-0.2, -0.15) is 0 Å². The molecule has 7 nitrogen and oxygen atoms in total. The number of nitrogens with zero attached hydrogens (tertiary/aromatic N) is 1. The molecule has 1 amide bonds. The van der Waals surface area contributed by atoms with Gasteiger partial charge in [-0.15, -0.1) is 0 Å². The minimum Gasteiger partial charge on any atom is -0.493 e. The number of hydrogen-bond donors (Lipinski definition) is 1. The third-order valence-electron chi connectivity index (χ3n) is 5.11. The van der Waals surface area contributed by atoms with Gasteiger partial charge in [0.25, 0.3) is 5.91 Å². The summed E-state index contributed by atoms with van der Waals surface area (Å²) in [6.07, 6.45) is 1.66. The number of ether oxygens (including phenoxy) is 4. The molecule has 0 bridgehead atoms. The maximum atomic E-state index is 12.5. The molecule has 1 aromatic heterocycles. The van der Waals surface area contributed by atoms with Crippen molar-refractivity contribution in [2.45, 2.75) is 19.8 Å². The summed E-state index contributed by atoms with van der Waals surface area (Å²) < 4.78 is 21.9. The van der Waals surface area contributed by atoms with Crippen molar-refractivity contribution in [1.82, 2.24) is 10.3 Å². The molecule has 0 aliphatic rings. The molecule has 0 unspecified atom stereocenters. The Kier molecular flexibility index (Phi) is 9.73. The van der Waals surface area contributed by atoms with Crippen LogP contribution in [-0.2, 0) is 11.2 Å². The highest BCUT2D eigenvalue weighted by Crippen LogP contribution is 2.28. The highest BCUT2D eigenvalue weighted by Gasteiger charge is 2.09. The molecule has 3 aromatic rings. The third-order valence-corrected chi connectivity index (χ3v) is 5.11. The Morgan fingerprint density at radius 2 is 1.74 bits per heavy atom. The number of carbonyl (C=O) groups is 1. The molecule has 3 rings (SSSR count). The zero-order valence-corrected chi connectivity index (χ0v) is 20.0. The van der Waals surface area contributed by atoms with E-state index in [0.29, 0.717) is 55.7 Å². The average molecular weight is 465 g/mol. The van der Waals surface area contributed by atoms with Crippen LogP contribution in [0.25, 0.3) is 11.3 Å². The molecule has 180 valence electrons. The van der Waals surface area contributed by atoms with E-state index < -0.39 is 0 Å². The van der Waals surface area contributed by atoms with Crippen LogP contribution < -0.4 is 19.5 Å². The third kappa shape index (κ3) is 7.22. The largest absolute Gasteiger partial charge is 0.493 e. The van der Waals surface area contributed by atoms with Crippen molar-refractivity contribution in [1.29, 1.82) is 0 Å². The first-order valence-electron chi connectivity index (χ1n) is 11.4. The number of benzene rings is 2. The van der Waals surface area contributed by atoms with E-state index in [-0.39, 0.29) is 5.91 Å². The van der Waals surface area contributed by atoms with Gasteiger partial charge < -0.3 is 24.3 Å². The molecule has 0 spiro atoms. The van der Waals surface area contributed by atoms with Crippen LogP contribution in [0.4, 0.5) is 0 Å². The van der Waals surface area contributed by atoms with Crippen LogP contribution in [0.5, 0.6) is 17.4 Å². The van der Waals surface area contributed by atoms with E-state index in [1.165, 1.54) is 0 Å². The van der Waals surface area contributed by atoms with Gasteiger partial charge >= 0.3 is 0 Å². The molecule has 0 fully saturated rings. The fourth-order valence-corrected chi connectivity index (χ4v) is 3.37. The van der Waals surface area contributed by atoms with Crippen molar-refractivity contribution in [3.05, 3.63) is 71.8 Å². The average Bonchev–Trinajstić information content (AvgIpc) is 2.88. The Hall–Kier alpha value is -3.58. The van der Waals surface area contributed by atoms with E-state index in [1.54, 1.807) is 20.3 Å². The van der Waals surface area contributed by atoms with E-state index in [1.807, 2.05) is 54.6 Å². The van der Waals surface area contributed by atoms with E-state index in [9.17, 15) is 4.79 Å². The Balaban J connectivity index is 1.59. The van der Waals surface area contributed by atoms with Gasteiger partial charge in [0.1, 0.15) is 0 Å². The number of amides is 1. The van der Waals surface area contributed by atoms with Gasteiger partial charge in [-0.3, -0.25) is 4.79 Å². The van der Waals surface area contributed by atoms with E-state index in [0.717, 1.165) is 23.2 Å². The van der Waals surface area contributed by atoms with Crippen LogP contribution in [0, 0.1) is 0 Å². The first-order valence-corrected chi connectivity index (χ1v) is 11.4. The summed E-state index contributed by atoms with van der Waals surface area (Å²) in [5.41, 5.74) is 3.24. The molecule has 2 aromatic carbocycles. The van der Waals surface area contributed by atoms with Gasteiger partial charge in [0.2, 0.25) is 5.88 Å². The lowest BCUT2D eigenvalue weighted by Crippen LogP contribution is -2.27. The second-order valence-electron chi connectivity index (χ2n) is 7.60. The Morgan fingerprint density at radius 1 is 0.912 bits per heavy atom. The number of nitrogens with one attached hydrogen (secondary N) is 1. The Bertz CT molecular complexity index is 1070. The maximum absolute atomic E-state index is 12.5. The Morgan fingerprint density at radius 3 is 2.53 bits per heavy atom.